The Morgan fingerprint density at radius 1 is 1.29 bits per heavy atom. The Bertz CT molecular complexity index is 929. The Morgan fingerprint density at radius 3 is 2.71 bits per heavy atom. The highest BCUT2D eigenvalue weighted by Gasteiger charge is 2.28. The van der Waals surface area contributed by atoms with Crippen molar-refractivity contribution in [3.05, 3.63) is 37.4 Å². The van der Waals surface area contributed by atoms with Gasteiger partial charge in [0.1, 0.15) is 9.88 Å². The highest BCUT2D eigenvalue weighted by atomic mass is 32.1. The molecule has 8 heteroatoms. The van der Waals surface area contributed by atoms with Crippen molar-refractivity contribution in [1.29, 1.82) is 0 Å². The highest BCUT2D eigenvalue weighted by Crippen LogP contribution is 2.38. The van der Waals surface area contributed by atoms with Gasteiger partial charge in [0, 0.05) is 9.75 Å². The zero-order valence-electron chi connectivity index (χ0n) is 16.2. The van der Waals surface area contributed by atoms with Crippen LogP contribution in [0.3, 0.4) is 0 Å². The molecule has 2 aromatic rings. The molecule has 2 amide bonds. The van der Waals surface area contributed by atoms with Crippen molar-refractivity contribution in [2.75, 3.05) is 5.32 Å². The SMILES string of the molecule is CCCc1cc(C(=O)OC(C)C(=O)Nc2sc3c(c2C(N)=O)CCC3)sc1C. The second-order valence-corrected chi connectivity index (χ2v) is 9.27. The number of carbonyl (C=O) groups excluding carboxylic acids is 3. The van der Waals surface area contributed by atoms with Crippen molar-refractivity contribution in [3.63, 3.8) is 0 Å². The molecule has 0 aromatic carbocycles. The van der Waals surface area contributed by atoms with Gasteiger partial charge in [-0.3, -0.25) is 9.59 Å². The summed E-state index contributed by atoms with van der Waals surface area (Å²) < 4.78 is 5.34. The lowest BCUT2D eigenvalue weighted by Crippen LogP contribution is -2.30. The number of rotatable bonds is 7. The monoisotopic (exact) mass is 420 g/mol. The molecule has 150 valence electrons. The standard InChI is InChI=1S/C20H24N2O4S2/c1-4-6-12-9-15(27-11(12)3)20(25)26-10(2)18(24)22-19-16(17(21)23)13-7-5-8-14(13)28-19/h9-10H,4-8H2,1-3H3,(H2,21,23)(H,22,24). The molecule has 0 saturated heterocycles. The maximum atomic E-state index is 12.5. The third-order valence-electron chi connectivity index (χ3n) is 4.80. The first-order valence-corrected chi connectivity index (χ1v) is 11.0. The molecular formula is C20H24N2O4S2. The number of anilines is 1. The molecule has 1 aliphatic rings. The van der Waals surface area contributed by atoms with E-state index in [0.29, 0.717) is 15.4 Å². The molecule has 6 nitrogen and oxygen atoms in total. The van der Waals surface area contributed by atoms with Gasteiger partial charge in [-0.25, -0.2) is 4.79 Å². The van der Waals surface area contributed by atoms with E-state index in [-0.39, 0.29) is 0 Å². The molecule has 0 bridgehead atoms. The smallest absolute Gasteiger partial charge is 0.349 e. The number of hydrogen-bond donors (Lipinski definition) is 2. The second kappa shape index (κ2) is 8.45. The number of thiophene rings is 2. The third kappa shape index (κ3) is 4.12. The highest BCUT2D eigenvalue weighted by molar-refractivity contribution is 7.17. The van der Waals surface area contributed by atoms with E-state index in [4.69, 9.17) is 10.5 Å². The molecule has 28 heavy (non-hydrogen) atoms. The third-order valence-corrected chi connectivity index (χ3v) is 7.08. The molecule has 1 aliphatic carbocycles. The Kier molecular flexibility index (Phi) is 6.20. The van der Waals surface area contributed by atoms with Crippen molar-refractivity contribution in [1.82, 2.24) is 0 Å². The number of aryl methyl sites for hydroxylation is 3. The molecule has 0 spiro atoms. The minimum absolute atomic E-state index is 0.391. The average molecular weight is 421 g/mol. The van der Waals surface area contributed by atoms with Crippen LogP contribution in [0.4, 0.5) is 5.00 Å². The van der Waals surface area contributed by atoms with E-state index < -0.39 is 23.9 Å². The van der Waals surface area contributed by atoms with Crippen molar-refractivity contribution >= 4 is 45.5 Å². The van der Waals surface area contributed by atoms with Crippen LogP contribution in [0.2, 0.25) is 0 Å². The van der Waals surface area contributed by atoms with E-state index in [9.17, 15) is 14.4 Å². The molecule has 3 rings (SSSR count). The minimum atomic E-state index is -0.984. The van der Waals surface area contributed by atoms with Crippen molar-refractivity contribution < 1.29 is 19.1 Å². The first kappa shape index (κ1) is 20.5. The fourth-order valence-corrected chi connectivity index (χ4v) is 5.63. The van der Waals surface area contributed by atoms with Crippen LogP contribution in [0.1, 0.15) is 67.6 Å². The molecule has 2 aromatic heterocycles. The molecule has 0 fully saturated rings. The molecular weight excluding hydrogens is 396 g/mol. The molecule has 2 heterocycles. The van der Waals surface area contributed by atoms with Crippen LogP contribution >= 0.6 is 22.7 Å². The molecule has 3 N–H and O–H groups in total. The number of carbonyl (C=O) groups is 3. The number of nitrogens with one attached hydrogen (secondary N) is 1. The van der Waals surface area contributed by atoms with Crippen LogP contribution in [0.25, 0.3) is 0 Å². The van der Waals surface area contributed by atoms with Gasteiger partial charge in [-0.05, 0) is 56.7 Å². The van der Waals surface area contributed by atoms with Crippen LogP contribution in [-0.2, 0) is 28.8 Å². The molecule has 1 atom stereocenters. The maximum absolute atomic E-state index is 12.5. The number of esters is 1. The lowest BCUT2D eigenvalue weighted by molar-refractivity contribution is -0.123. The van der Waals surface area contributed by atoms with Crippen molar-refractivity contribution in [3.8, 4) is 0 Å². The predicted octanol–water partition coefficient (Wildman–Crippen LogP) is 3.84. The average Bonchev–Trinajstić information content (AvgIpc) is 3.29. The summed E-state index contributed by atoms with van der Waals surface area (Å²) in [5, 5.41) is 3.17. The van der Waals surface area contributed by atoms with Gasteiger partial charge in [0.2, 0.25) is 0 Å². The second-order valence-electron chi connectivity index (χ2n) is 6.90. The van der Waals surface area contributed by atoms with E-state index >= 15 is 0 Å². The summed E-state index contributed by atoms with van der Waals surface area (Å²) in [6.45, 7) is 5.58. The van der Waals surface area contributed by atoms with Crippen molar-refractivity contribution in [2.45, 2.75) is 59.0 Å². The first-order valence-electron chi connectivity index (χ1n) is 9.37. The summed E-state index contributed by atoms with van der Waals surface area (Å²) in [5.41, 5.74) is 7.98. The first-order chi connectivity index (χ1) is 13.3. The Labute approximate surface area is 172 Å². The zero-order chi connectivity index (χ0) is 20.4. The van der Waals surface area contributed by atoms with E-state index in [1.165, 1.54) is 29.6 Å². The van der Waals surface area contributed by atoms with Crippen LogP contribution in [0.5, 0.6) is 0 Å². The van der Waals surface area contributed by atoms with Gasteiger partial charge in [0.05, 0.1) is 5.56 Å². The molecule has 0 saturated carbocycles. The van der Waals surface area contributed by atoms with E-state index in [2.05, 4.69) is 12.2 Å². The Morgan fingerprint density at radius 2 is 2.04 bits per heavy atom. The van der Waals surface area contributed by atoms with Gasteiger partial charge >= 0.3 is 5.97 Å². The summed E-state index contributed by atoms with van der Waals surface area (Å²) in [5.74, 6) is -1.53. The van der Waals surface area contributed by atoms with Crippen LogP contribution in [0, 0.1) is 6.92 Å². The van der Waals surface area contributed by atoms with Crippen LogP contribution < -0.4 is 11.1 Å². The van der Waals surface area contributed by atoms with Crippen LogP contribution in [-0.4, -0.2) is 23.9 Å². The van der Waals surface area contributed by atoms with E-state index in [0.717, 1.165) is 53.0 Å². The van der Waals surface area contributed by atoms with Gasteiger partial charge < -0.3 is 15.8 Å². The summed E-state index contributed by atoms with van der Waals surface area (Å²) in [6.07, 6.45) is 3.59. The normalized spacial score (nSPS) is 13.8. The lowest BCUT2D eigenvalue weighted by atomic mass is 10.1. The summed E-state index contributed by atoms with van der Waals surface area (Å²) in [7, 11) is 0. The minimum Gasteiger partial charge on any atom is -0.448 e. The number of nitrogens with two attached hydrogens (primary N) is 1. The van der Waals surface area contributed by atoms with Crippen LogP contribution in [0.15, 0.2) is 6.07 Å². The number of primary amides is 1. The largest absolute Gasteiger partial charge is 0.448 e. The maximum Gasteiger partial charge on any atom is 0.349 e. The summed E-state index contributed by atoms with van der Waals surface area (Å²) in [6, 6.07) is 1.84. The van der Waals surface area contributed by atoms with Gasteiger partial charge in [-0.15, -0.1) is 22.7 Å². The molecule has 0 aliphatic heterocycles. The number of hydrogen-bond acceptors (Lipinski definition) is 6. The predicted molar refractivity (Wildman–Crippen MR) is 111 cm³/mol. The lowest BCUT2D eigenvalue weighted by Gasteiger charge is -2.13. The van der Waals surface area contributed by atoms with E-state index in [1.807, 2.05) is 13.0 Å². The quantitative estimate of drug-likeness (QED) is 0.665. The molecule has 0 radical (unpaired) electrons. The summed E-state index contributed by atoms with van der Waals surface area (Å²) >= 11 is 2.75. The Balaban J connectivity index is 1.68. The van der Waals surface area contributed by atoms with Gasteiger partial charge in [-0.2, -0.15) is 0 Å². The molecule has 1 unspecified atom stereocenters. The van der Waals surface area contributed by atoms with Gasteiger partial charge in [0.15, 0.2) is 6.10 Å². The zero-order valence-corrected chi connectivity index (χ0v) is 17.9. The number of fused-ring (bicyclic) bond motifs is 1. The van der Waals surface area contributed by atoms with Gasteiger partial charge in [-0.1, -0.05) is 13.3 Å². The van der Waals surface area contributed by atoms with E-state index in [1.54, 1.807) is 0 Å². The Hall–Kier alpha value is -2.19. The van der Waals surface area contributed by atoms with Crippen molar-refractivity contribution in [2.24, 2.45) is 5.73 Å². The fraction of sp³-hybridized carbons (Fsp3) is 0.450. The summed E-state index contributed by atoms with van der Waals surface area (Å²) in [4.78, 5) is 39.4. The number of ether oxygens (including phenoxy) is 1. The fourth-order valence-electron chi connectivity index (χ4n) is 3.38. The van der Waals surface area contributed by atoms with Gasteiger partial charge in [0.25, 0.3) is 11.8 Å². The topological polar surface area (TPSA) is 98.5 Å². The number of amides is 2.